The Balaban J connectivity index is 0.985. The first-order valence-corrected chi connectivity index (χ1v) is 25.0. The molecule has 4 aromatic rings. The van der Waals surface area contributed by atoms with Crippen molar-refractivity contribution in [3.63, 3.8) is 0 Å². The minimum Gasteiger partial charge on any atom is -0.478 e. The lowest BCUT2D eigenvalue weighted by Gasteiger charge is -2.35. The van der Waals surface area contributed by atoms with Crippen molar-refractivity contribution in [1.82, 2.24) is 24.3 Å². The predicted octanol–water partition coefficient (Wildman–Crippen LogP) is 7.44. The molecule has 5 heterocycles. The van der Waals surface area contributed by atoms with E-state index >= 15 is 0 Å². The average molecular weight is 861 g/mol. The van der Waals surface area contributed by atoms with Crippen molar-refractivity contribution in [2.75, 3.05) is 32.2 Å². The standard InChI is InChI=1S/C47H56N6O8Si/c1-30(14-15-31-11-9-12-35-36(31)28-51(44(35)56)38-20-21-42(54)52(45(38)57)29-59-23-24-62(6,7)8)60-34-18-16-32(17-19-34)43(55)49-41-26-39-33(27-48-41)25-40(37-13-10-22-50(37)5)53(39)46(58)61-47(2,3)4/h9,11-12,16-19,25-27,30,37-38H,10,13,20-24,28-29H2,1-8H3,(H,48,49,55)/t30-,37+,38?/m0/s1. The smallest absolute Gasteiger partial charge is 0.419 e. The van der Waals surface area contributed by atoms with E-state index in [2.05, 4.69) is 46.7 Å². The summed E-state index contributed by atoms with van der Waals surface area (Å²) in [5, 5.41) is 3.63. The number of carbonyl (C=O) groups excluding carboxylic acids is 5. The van der Waals surface area contributed by atoms with Gasteiger partial charge in [-0.1, -0.05) is 37.5 Å². The van der Waals surface area contributed by atoms with Crippen LogP contribution in [0.25, 0.3) is 10.9 Å². The first kappa shape index (κ1) is 44.2. The molecule has 0 radical (unpaired) electrons. The van der Waals surface area contributed by atoms with E-state index in [4.69, 9.17) is 14.2 Å². The lowest BCUT2D eigenvalue weighted by molar-refractivity contribution is -0.158. The summed E-state index contributed by atoms with van der Waals surface area (Å²) in [6.07, 6.45) is 2.97. The normalized spacial score (nSPS) is 18.7. The van der Waals surface area contributed by atoms with Gasteiger partial charge in [-0.25, -0.2) is 14.3 Å². The van der Waals surface area contributed by atoms with Gasteiger partial charge in [-0.05, 0) is 115 Å². The Hall–Kier alpha value is -5.82. The Morgan fingerprint density at radius 1 is 1.02 bits per heavy atom. The second-order valence-electron chi connectivity index (χ2n) is 18.5. The van der Waals surface area contributed by atoms with Crippen molar-refractivity contribution < 1.29 is 38.2 Å². The molecular weight excluding hydrogens is 805 g/mol. The number of piperidine rings is 1. The number of nitrogens with zero attached hydrogens (tertiary/aromatic N) is 5. The molecule has 7 rings (SSSR count). The second-order valence-corrected chi connectivity index (χ2v) is 24.1. The highest BCUT2D eigenvalue weighted by Gasteiger charge is 2.43. The zero-order valence-corrected chi connectivity index (χ0v) is 37.9. The number of rotatable bonds is 11. The first-order chi connectivity index (χ1) is 29.4. The summed E-state index contributed by atoms with van der Waals surface area (Å²) in [6.45, 7) is 15.5. The predicted molar refractivity (Wildman–Crippen MR) is 237 cm³/mol. The van der Waals surface area contributed by atoms with E-state index in [-0.39, 0.29) is 49.9 Å². The quantitative estimate of drug-likeness (QED) is 0.0697. The van der Waals surface area contributed by atoms with E-state index in [1.165, 1.54) is 0 Å². The summed E-state index contributed by atoms with van der Waals surface area (Å²) >= 11 is 0. The monoisotopic (exact) mass is 860 g/mol. The molecule has 2 saturated heterocycles. The Bertz CT molecular complexity index is 2460. The largest absolute Gasteiger partial charge is 0.478 e. The van der Waals surface area contributed by atoms with Gasteiger partial charge in [-0.2, -0.15) is 0 Å². The van der Waals surface area contributed by atoms with Crippen LogP contribution in [0.2, 0.25) is 25.7 Å². The van der Waals surface area contributed by atoms with Gasteiger partial charge in [0.15, 0.2) is 6.10 Å². The molecule has 3 aliphatic rings. The number of imide groups is 1. The van der Waals surface area contributed by atoms with Crippen molar-refractivity contribution in [3.8, 4) is 17.6 Å². The Morgan fingerprint density at radius 2 is 1.77 bits per heavy atom. The van der Waals surface area contributed by atoms with Crippen LogP contribution in [-0.4, -0.2) is 107 Å². The number of ether oxygens (including phenoxy) is 3. The minimum atomic E-state index is -1.34. The lowest BCUT2D eigenvalue weighted by Crippen LogP contribution is -2.55. The fourth-order valence-corrected chi connectivity index (χ4v) is 8.78. The van der Waals surface area contributed by atoms with Crippen LogP contribution in [0.5, 0.6) is 5.75 Å². The molecule has 1 unspecified atom stereocenters. The number of benzene rings is 2. The molecule has 62 heavy (non-hydrogen) atoms. The molecule has 3 atom stereocenters. The molecule has 2 aromatic heterocycles. The lowest BCUT2D eigenvalue weighted by atomic mass is 10.0. The van der Waals surface area contributed by atoms with E-state index in [0.29, 0.717) is 40.4 Å². The molecule has 0 aliphatic carbocycles. The van der Waals surface area contributed by atoms with Gasteiger partial charge >= 0.3 is 6.09 Å². The average Bonchev–Trinajstić information content (AvgIpc) is 3.90. The summed E-state index contributed by atoms with van der Waals surface area (Å²) in [5.41, 5.74) is 2.97. The van der Waals surface area contributed by atoms with Gasteiger partial charge in [0, 0.05) is 67.7 Å². The maximum absolute atomic E-state index is 13.6. The molecule has 2 fully saturated rings. The summed E-state index contributed by atoms with van der Waals surface area (Å²) in [7, 11) is 0.704. The van der Waals surface area contributed by atoms with Crippen molar-refractivity contribution in [3.05, 3.63) is 88.7 Å². The number of anilines is 1. The Kier molecular flexibility index (Phi) is 12.8. The van der Waals surface area contributed by atoms with Crippen LogP contribution in [0.3, 0.4) is 0 Å². The number of aromatic nitrogens is 2. The Labute approximate surface area is 363 Å². The van der Waals surface area contributed by atoms with Gasteiger partial charge in [0.2, 0.25) is 5.91 Å². The number of pyridine rings is 1. The van der Waals surface area contributed by atoms with Crippen molar-refractivity contribution in [2.24, 2.45) is 0 Å². The molecule has 3 aliphatic heterocycles. The summed E-state index contributed by atoms with van der Waals surface area (Å²) in [5.74, 6) is 5.72. The van der Waals surface area contributed by atoms with Gasteiger partial charge in [0.25, 0.3) is 17.7 Å². The maximum Gasteiger partial charge on any atom is 0.419 e. The SMILES string of the molecule is C[C@@H](C#Cc1cccc2c1CN(C1CCC(=O)N(COCC[Si](C)(C)C)C1=O)C2=O)Oc1ccc(C(=O)Nc2cc3c(cn2)cc([C@H]2CCCN2C)n3C(=O)OC(C)(C)C)cc1. The number of nitrogens with one attached hydrogen (secondary N) is 1. The topological polar surface area (TPSA) is 153 Å². The highest BCUT2D eigenvalue weighted by Crippen LogP contribution is 2.36. The molecule has 1 N–H and O–H groups in total. The molecule has 2 aromatic carbocycles. The van der Waals surface area contributed by atoms with E-state index in [9.17, 15) is 24.0 Å². The number of amides is 4. The van der Waals surface area contributed by atoms with Gasteiger partial charge in [-0.15, -0.1) is 0 Å². The van der Waals surface area contributed by atoms with E-state index in [1.807, 2.05) is 40.0 Å². The van der Waals surface area contributed by atoms with Crippen LogP contribution in [0, 0.1) is 11.8 Å². The fraction of sp³-hybridized carbons (Fsp3) is 0.447. The molecule has 0 saturated carbocycles. The maximum atomic E-state index is 13.6. The summed E-state index contributed by atoms with van der Waals surface area (Å²) in [4.78, 5) is 76.2. The number of hydrogen-bond acceptors (Lipinski definition) is 10. The third-order valence-electron chi connectivity index (χ3n) is 11.3. The number of carbonyl (C=O) groups is 5. The van der Waals surface area contributed by atoms with Gasteiger partial charge in [0.1, 0.15) is 29.9 Å². The summed E-state index contributed by atoms with van der Waals surface area (Å²) in [6, 6.07) is 15.9. The fourth-order valence-electron chi connectivity index (χ4n) is 8.02. The van der Waals surface area contributed by atoms with Crippen LogP contribution in [0.1, 0.15) is 97.0 Å². The molecule has 15 heteroatoms. The van der Waals surface area contributed by atoms with E-state index in [0.717, 1.165) is 47.0 Å². The number of likely N-dealkylation sites (tertiary alicyclic amines) is 2. The number of fused-ring (bicyclic) bond motifs is 2. The Morgan fingerprint density at radius 3 is 2.47 bits per heavy atom. The highest BCUT2D eigenvalue weighted by molar-refractivity contribution is 6.76. The van der Waals surface area contributed by atoms with Crippen molar-refractivity contribution in [1.29, 1.82) is 0 Å². The summed E-state index contributed by atoms with van der Waals surface area (Å²) < 4.78 is 19.2. The van der Waals surface area contributed by atoms with Crippen molar-refractivity contribution >= 4 is 54.5 Å². The molecule has 0 bridgehead atoms. The molecule has 326 valence electrons. The number of hydrogen-bond donors (Lipinski definition) is 1. The zero-order valence-electron chi connectivity index (χ0n) is 36.9. The van der Waals surface area contributed by atoms with Crippen LogP contribution in [0.4, 0.5) is 10.6 Å². The van der Waals surface area contributed by atoms with Gasteiger partial charge < -0.3 is 24.4 Å². The third kappa shape index (κ3) is 9.94. The van der Waals surface area contributed by atoms with Crippen LogP contribution >= 0.6 is 0 Å². The molecule has 14 nitrogen and oxygen atoms in total. The van der Waals surface area contributed by atoms with Gasteiger partial charge in [0.05, 0.1) is 11.6 Å². The molecule has 4 amide bonds. The molecular formula is C47H56N6O8Si. The van der Waals surface area contributed by atoms with Crippen molar-refractivity contribution in [2.45, 2.75) is 109 Å². The van der Waals surface area contributed by atoms with E-state index in [1.54, 1.807) is 65.1 Å². The van der Waals surface area contributed by atoms with Crippen LogP contribution in [-0.2, 0) is 25.6 Å². The third-order valence-corrected chi connectivity index (χ3v) is 13.0. The van der Waals surface area contributed by atoms with Crippen LogP contribution < -0.4 is 10.1 Å². The van der Waals surface area contributed by atoms with E-state index < -0.39 is 37.8 Å². The second kappa shape index (κ2) is 17.9. The minimum absolute atomic E-state index is 0.0507. The van der Waals surface area contributed by atoms with Gasteiger partial charge in [-0.3, -0.25) is 29.0 Å². The molecule has 0 spiro atoms. The first-order valence-electron chi connectivity index (χ1n) is 21.3. The highest BCUT2D eigenvalue weighted by atomic mass is 28.3. The zero-order chi connectivity index (χ0) is 44.5. The van der Waals surface area contributed by atoms with Crippen LogP contribution in [0.15, 0.2) is 60.8 Å².